The van der Waals surface area contributed by atoms with Crippen LogP contribution in [0.3, 0.4) is 0 Å². The molecule has 0 radical (unpaired) electrons. The van der Waals surface area contributed by atoms with Crippen LogP contribution < -0.4 is 20.3 Å². The van der Waals surface area contributed by atoms with Crippen molar-refractivity contribution in [3.63, 3.8) is 0 Å². The Kier molecular flexibility index (Phi) is 5.92. The first kappa shape index (κ1) is 19.0. The highest BCUT2D eigenvalue weighted by atomic mass is 16.5. The van der Waals surface area contributed by atoms with E-state index in [2.05, 4.69) is 16.3 Å². The number of amides is 1. The summed E-state index contributed by atoms with van der Waals surface area (Å²) in [5.74, 6) is 3.27. The summed E-state index contributed by atoms with van der Waals surface area (Å²) < 4.78 is 11.8. The van der Waals surface area contributed by atoms with Crippen LogP contribution in [0, 0.1) is 12.3 Å². The summed E-state index contributed by atoms with van der Waals surface area (Å²) >= 11 is 0. The molecule has 1 heterocycles. The first-order valence-corrected chi connectivity index (χ1v) is 8.58. The maximum Gasteiger partial charge on any atom is 0.275 e. The lowest BCUT2D eigenvalue weighted by Crippen LogP contribution is -2.31. The minimum absolute atomic E-state index is 0.0591. The number of benzene rings is 2. The van der Waals surface area contributed by atoms with Crippen molar-refractivity contribution in [1.82, 2.24) is 15.1 Å². The van der Waals surface area contributed by atoms with Gasteiger partial charge in [-0.3, -0.25) is 9.59 Å². The third kappa shape index (κ3) is 4.30. The van der Waals surface area contributed by atoms with E-state index in [1.165, 1.54) is 4.68 Å². The van der Waals surface area contributed by atoms with E-state index in [4.69, 9.17) is 15.9 Å². The van der Waals surface area contributed by atoms with E-state index in [1.807, 2.05) is 6.07 Å². The van der Waals surface area contributed by atoms with Gasteiger partial charge in [0.15, 0.2) is 6.61 Å². The fourth-order valence-electron chi connectivity index (χ4n) is 2.70. The van der Waals surface area contributed by atoms with E-state index < -0.39 is 0 Å². The number of ether oxygens (including phenoxy) is 2. The molecular weight excluding hydrogens is 358 g/mol. The molecule has 3 aromatic rings. The van der Waals surface area contributed by atoms with Crippen molar-refractivity contribution >= 4 is 16.7 Å². The summed E-state index contributed by atoms with van der Waals surface area (Å²) in [5, 5.41) is 8.23. The minimum atomic E-state index is -0.316. The van der Waals surface area contributed by atoms with Crippen LogP contribution in [0.5, 0.6) is 11.5 Å². The van der Waals surface area contributed by atoms with Crippen molar-refractivity contribution in [3.8, 4) is 23.8 Å². The summed E-state index contributed by atoms with van der Waals surface area (Å²) in [5.41, 5.74) is 0.296. The number of nitrogens with zero attached hydrogens (tertiary/aromatic N) is 2. The predicted molar refractivity (Wildman–Crippen MR) is 105 cm³/mol. The van der Waals surface area contributed by atoms with Crippen LogP contribution in [-0.2, 0) is 17.9 Å². The SMILES string of the molecule is C#CCn1nc(CNC(=O)COc2cccc(OC)c2)c2ccccc2c1=O. The van der Waals surface area contributed by atoms with Crippen molar-refractivity contribution in [1.29, 1.82) is 0 Å². The summed E-state index contributed by atoms with van der Waals surface area (Å²) in [6.07, 6.45) is 5.32. The quantitative estimate of drug-likeness (QED) is 0.634. The molecule has 7 heteroatoms. The monoisotopic (exact) mass is 377 g/mol. The molecule has 7 nitrogen and oxygen atoms in total. The molecule has 1 amide bonds. The zero-order valence-corrected chi connectivity index (χ0v) is 15.3. The second kappa shape index (κ2) is 8.73. The fraction of sp³-hybridized carbons (Fsp3) is 0.190. The van der Waals surface area contributed by atoms with Gasteiger partial charge in [0, 0.05) is 11.5 Å². The Balaban J connectivity index is 1.70. The number of fused-ring (bicyclic) bond motifs is 1. The van der Waals surface area contributed by atoms with Crippen LogP contribution in [0.15, 0.2) is 53.3 Å². The summed E-state index contributed by atoms with van der Waals surface area (Å²) in [7, 11) is 1.56. The molecule has 0 aliphatic heterocycles. The largest absolute Gasteiger partial charge is 0.497 e. The second-order valence-corrected chi connectivity index (χ2v) is 5.90. The highest BCUT2D eigenvalue weighted by molar-refractivity contribution is 5.84. The normalized spacial score (nSPS) is 10.3. The summed E-state index contributed by atoms with van der Waals surface area (Å²) in [6.45, 7) is 0.0460. The number of hydrogen-bond donors (Lipinski definition) is 1. The molecule has 0 atom stereocenters. The van der Waals surface area contributed by atoms with Gasteiger partial charge in [-0.25, -0.2) is 4.68 Å². The molecule has 28 heavy (non-hydrogen) atoms. The molecule has 0 spiro atoms. The van der Waals surface area contributed by atoms with E-state index in [1.54, 1.807) is 49.6 Å². The summed E-state index contributed by atoms with van der Waals surface area (Å²) in [4.78, 5) is 24.6. The predicted octanol–water partition coefficient (Wildman–Crippen LogP) is 1.73. The lowest BCUT2D eigenvalue weighted by atomic mass is 10.1. The Labute approximate surface area is 161 Å². The van der Waals surface area contributed by atoms with Gasteiger partial charge in [0.2, 0.25) is 0 Å². The van der Waals surface area contributed by atoms with E-state index in [0.717, 1.165) is 0 Å². The average molecular weight is 377 g/mol. The highest BCUT2D eigenvalue weighted by Gasteiger charge is 2.11. The van der Waals surface area contributed by atoms with Crippen molar-refractivity contribution in [3.05, 3.63) is 64.6 Å². The first-order chi connectivity index (χ1) is 13.6. The average Bonchev–Trinajstić information content (AvgIpc) is 2.73. The van der Waals surface area contributed by atoms with Crippen LogP contribution in [0.4, 0.5) is 0 Å². The Bertz CT molecular complexity index is 1100. The van der Waals surface area contributed by atoms with Crippen LogP contribution in [0.2, 0.25) is 0 Å². The molecule has 0 saturated heterocycles. The maximum atomic E-state index is 12.4. The molecule has 0 aliphatic rings. The van der Waals surface area contributed by atoms with Gasteiger partial charge in [-0.15, -0.1) is 6.42 Å². The molecule has 0 bridgehead atoms. The van der Waals surface area contributed by atoms with Crippen molar-refractivity contribution in [2.24, 2.45) is 0 Å². The zero-order valence-electron chi connectivity index (χ0n) is 15.3. The Morgan fingerprint density at radius 1 is 1.18 bits per heavy atom. The highest BCUT2D eigenvalue weighted by Crippen LogP contribution is 2.18. The third-order valence-corrected chi connectivity index (χ3v) is 4.05. The Morgan fingerprint density at radius 3 is 2.68 bits per heavy atom. The van der Waals surface area contributed by atoms with Gasteiger partial charge in [0.1, 0.15) is 18.0 Å². The van der Waals surface area contributed by atoms with Gasteiger partial charge >= 0.3 is 0 Å². The topological polar surface area (TPSA) is 82.5 Å². The van der Waals surface area contributed by atoms with Crippen LogP contribution in [0.25, 0.3) is 10.8 Å². The molecule has 0 fully saturated rings. The van der Waals surface area contributed by atoms with Crippen molar-refractivity contribution < 1.29 is 14.3 Å². The number of carbonyl (C=O) groups excluding carboxylic acids is 1. The number of nitrogens with one attached hydrogen (secondary N) is 1. The molecule has 0 unspecified atom stereocenters. The van der Waals surface area contributed by atoms with Crippen LogP contribution >= 0.6 is 0 Å². The molecule has 1 N–H and O–H groups in total. The van der Waals surface area contributed by atoms with Gasteiger partial charge < -0.3 is 14.8 Å². The van der Waals surface area contributed by atoms with Crippen molar-refractivity contribution in [2.45, 2.75) is 13.1 Å². The Morgan fingerprint density at radius 2 is 1.93 bits per heavy atom. The maximum absolute atomic E-state index is 12.4. The van der Waals surface area contributed by atoms with Gasteiger partial charge in [0.25, 0.3) is 11.5 Å². The molecule has 3 rings (SSSR count). The van der Waals surface area contributed by atoms with Gasteiger partial charge in [-0.1, -0.05) is 30.2 Å². The first-order valence-electron chi connectivity index (χ1n) is 8.58. The zero-order chi connectivity index (χ0) is 19.9. The molecule has 2 aromatic carbocycles. The number of terminal acetylenes is 1. The van der Waals surface area contributed by atoms with E-state index in [0.29, 0.717) is 28.0 Å². The third-order valence-electron chi connectivity index (χ3n) is 4.05. The van der Waals surface area contributed by atoms with Crippen molar-refractivity contribution in [2.75, 3.05) is 13.7 Å². The molecule has 0 aliphatic carbocycles. The Hall–Kier alpha value is -3.79. The lowest BCUT2D eigenvalue weighted by Gasteiger charge is -2.11. The minimum Gasteiger partial charge on any atom is -0.497 e. The molecule has 142 valence electrons. The summed E-state index contributed by atoms with van der Waals surface area (Å²) in [6, 6.07) is 14.1. The fourth-order valence-corrected chi connectivity index (χ4v) is 2.70. The number of hydrogen-bond acceptors (Lipinski definition) is 5. The van der Waals surface area contributed by atoms with E-state index in [9.17, 15) is 9.59 Å². The van der Waals surface area contributed by atoms with Gasteiger partial charge in [-0.05, 0) is 18.2 Å². The second-order valence-electron chi connectivity index (χ2n) is 5.90. The smallest absolute Gasteiger partial charge is 0.275 e. The number of rotatable bonds is 7. The van der Waals surface area contributed by atoms with E-state index in [-0.39, 0.29) is 31.2 Å². The van der Waals surface area contributed by atoms with Gasteiger partial charge in [-0.2, -0.15) is 5.10 Å². The molecular formula is C21H19N3O4. The standard InChI is InChI=1S/C21H19N3O4/c1-3-11-24-21(26)18-10-5-4-9-17(18)19(23-24)13-22-20(25)14-28-16-8-6-7-15(12-16)27-2/h1,4-10,12H,11,13-14H2,2H3,(H,22,25). The molecule has 1 aromatic heterocycles. The van der Waals surface area contributed by atoms with Crippen LogP contribution in [-0.4, -0.2) is 29.4 Å². The van der Waals surface area contributed by atoms with Crippen LogP contribution in [0.1, 0.15) is 5.69 Å². The van der Waals surface area contributed by atoms with E-state index >= 15 is 0 Å². The number of methoxy groups -OCH3 is 1. The number of aromatic nitrogens is 2. The lowest BCUT2D eigenvalue weighted by molar-refractivity contribution is -0.123. The molecule has 0 saturated carbocycles. The van der Waals surface area contributed by atoms with Gasteiger partial charge in [0.05, 0.1) is 24.7 Å². The number of carbonyl (C=O) groups is 1.